The summed E-state index contributed by atoms with van der Waals surface area (Å²) in [5.74, 6) is -0.520. The molecule has 0 aromatic heterocycles. The number of esters is 1. The molecule has 0 spiro atoms. The number of rotatable bonds is 5. The highest BCUT2D eigenvalue weighted by Gasteiger charge is 2.29. The lowest BCUT2D eigenvalue weighted by atomic mass is 9.94. The fourth-order valence-electron chi connectivity index (χ4n) is 4.22. The zero-order valence-electron chi connectivity index (χ0n) is 16.1. The van der Waals surface area contributed by atoms with Crippen LogP contribution in [0.3, 0.4) is 0 Å². The maximum atomic E-state index is 13.0. The fraction of sp³-hybridized carbons (Fsp3) is 0.900. The molecule has 0 bridgehead atoms. The van der Waals surface area contributed by atoms with E-state index < -0.39 is 0 Å². The third-order valence-corrected chi connectivity index (χ3v) is 5.78. The summed E-state index contributed by atoms with van der Waals surface area (Å²) in [4.78, 5) is 26.8. The Balaban J connectivity index is 2.02. The third-order valence-electron chi connectivity index (χ3n) is 5.78. The Kier molecular flexibility index (Phi) is 8.56. The van der Waals surface area contributed by atoms with Gasteiger partial charge in [0.25, 0.3) is 0 Å². The van der Waals surface area contributed by atoms with Crippen molar-refractivity contribution in [3.05, 3.63) is 0 Å². The number of methoxy groups -OCH3 is 1. The molecule has 5 nitrogen and oxygen atoms in total. The van der Waals surface area contributed by atoms with Gasteiger partial charge in [0.2, 0.25) is 0 Å². The van der Waals surface area contributed by atoms with Gasteiger partial charge in [-0.1, -0.05) is 58.3 Å². The van der Waals surface area contributed by atoms with Crippen molar-refractivity contribution in [2.24, 2.45) is 5.92 Å². The predicted molar refractivity (Wildman–Crippen MR) is 99.4 cm³/mol. The van der Waals surface area contributed by atoms with Gasteiger partial charge in [0.15, 0.2) is 0 Å². The Morgan fingerprint density at radius 1 is 0.960 bits per heavy atom. The lowest BCUT2D eigenvalue weighted by molar-refractivity contribution is -0.145. The molecular weight excluding hydrogens is 316 g/mol. The number of hydrogen-bond acceptors (Lipinski definition) is 3. The number of nitrogens with one attached hydrogen (secondary N) is 1. The average molecular weight is 353 g/mol. The van der Waals surface area contributed by atoms with E-state index in [1.54, 1.807) is 0 Å². The lowest BCUT2D eigenvalue weighted by Crippen LogP contribution is -2.52. The summed E-state index contributed by atoms with van der Waals surface area (Å²) in [6.45, 7) is 2.31. The molecule has 1 atom stereocenters. The van der Waals surface area contributed by atoms with Crippen molar-refractivity contribution < 1.29 is 14.3 Å². The van der Waals surface area contributed by atoms with Gasteiger partial charge < -0.3 is 15.0 Å². The molecule has 2 amide bonds. The number of carbonyl (C=O) groups excluding carboxylic acids is 2. The highest BCUT2D eigenvalue weighted by Crippen LogP contribution is 2.24. The zero-order chi connectivity index (χ0) is 18.1. The number of carbonyl (C=O) groups is 2. The monoisotopic (exact) mass is 352 g/mol. The summed E-state index contributed by atoms with van der Waals surface area (Å²) < 4.78 is 4.88. The molecule has 2 fully saturated rings. The molecular formula is C20H36N2O3. The fourth-order valence-corrected chi connectivity index (χ4v) is 4.22. The van der Waals surface area contributed by atoms with Crippen LogP contribution in [0, 0.1) is 5.92 Å². The van der Waals surface area contributed by atoms with E-state index in [1.807, 2.05) is 11.8 Å². The molecule has 0 aliphatic heterocycles. The second kappa shape index (κ2) is 10.7. The molecule has 2 saturated carbocycles. The second-order valence-electron chi connectivity index (χ2n) is 7.86. The van der Waals surface area contributed by atoms with Crippen molar-refractivity contribution in [2.45, 2.75) is 96.1 Å². The highest BCUT2D eigenvalue weighted by molar-refractivity contribution is 5.77. The van der Waals surface area contributed by atoms with Gasteiger partial charge in [-0.15, -0.1) is 0 Å². The van der Waals surface area contributed by atoms with Crippen LogP contribution >= 0.6 is 0 Å². The van der Waals surface area contributed by atoms with Crippen LogP contribution in [0.5, 0.6) is 0 Å². The first kappa shape index (κ1) is 20.1. The van der Waals surface area contributed by atoms with Crippen LogP contribution in [0.25, 0.3) is 0 Å². The van der Waals surface area contributed by atoms with Crippen molar-refractivity contribution in [3.8, 4) is 0 Å². The van der Waals surface area contributed by atoms with E-state index in [0.717, 1.165) is 25.7 Å². The first-order chi connectivity index (χ1) is 12.1. The molecule has 0 aromatic rings. The van der Waals surface area contributed by atoms with Gasteiger partial charge in [-0.05, 0) is 25.7 Å². The second-order valence-corrected chi connectivity index (χ2v) is 7.86. The van der Waals surface area contributed by atoms with Gasteiger partial charge in [0, 0.05) is 18.6 Å². The van der Waals surface area contributed by atoms with Gasteiger partial charge in [0.1, 0.15) is 0 Å². The summed E-state index contributed by atoms with van der Waals surface area (Å²) in [6, 6.07) is 0.565. The maximum absolute atomic E-state index is 13.0. The standard InChI is InChI=1S/C20H36N2O3/c1-16(19(23)25-2)15-22(18-13-9-4-3-5-10-14-18)20(24)21-17-11-7-6-8-12-17/h16-18H,3-15H2,1-2H3,(H,21,24). The van der Waals surface area contributed by atoms with E-state index in [2.05, 4.69) is 5.32 Å². The van der Waals surface area contributed by atoms with E-state index in [9.17, 15) is 9.59 Å². The molecule has 0 heterocycles. The number of amides is 2. The Morgan fingerprint density at radius 2 is 1.48 bits per heavy atom. The van der Waals surface area contributed by atoms with Crippen LogP contribution < -0.4 is 5.32 Å². The smallest absolute Gasteiger partial charge is 0.317 e. The van der Waals surface area contributed by atoms with Crippen molar-refractivity contribution in [1.29, 1.82) is 0 Å². The van der Waals surface area contributed by atoms with E-state index in [1.165, 1.54) is 58.5 Å². The van der Waals surface area contributed by atoms with Gasteiger partial charge in [-0.2, -0.15) is 0 Å². The predicted octanol–water partition coefficient (Wildman–Crippen LogP) is 4.25. The summed E-state index contributed by atoms with van der Waals surface area (Å²) in [5, 5.41) is 3.25. The first-order valence-electron chi connectivity index (χ1n) is 10.3. The summed E-state index contributed by atoms with van der Waals surface area (Å²) in [6.07, 6.45) is 14.1. The molecule has 1 N–H and O–H groups in total. The topological polar surface area (TPSA) is 58.6 Å². The number of urea groups is 1. The quantitative estimate of drug-likeness (QED) is 0.752. The van der Waals surface area contributed by atoms with E-state index in [4.69, 9.17) is 4.74 Å². The molecule has 0 radical (unpaired) electrons. The Morgan fingerprint density at radius 3 is 2.08 bits per heavy atom. The molecule has 2 aliphatic carbocycles. The molecule has 2 rings (SSSR count). The minimum atomic E-state index is -0.285. The molecule has 25 heavy (non-hydrogen) atoms. The van der Waals surface area contributed by atoms with Crippen molar-refractivity contribution >= 4 is 12.0 Å². The minimum absolute atomic E-state index is 0.0215. The molecule has 0 saturated heterocycles. The van der Waals surface area contributed by atoms with Crippen LogP contribution in [0.15, 0.2) is 0 Å². The Hall–Kier alpha value is -1.26. The van der Waals surface area contributed by atoms with Gasteiger partial charge in [0.05, 0.1) is 13.0 Å². The van der Waals surface area contributed by atoms with Gasteiger partial charge >= 0.3 is 12.0 Å². The number of ether oxygens (including phenoxy) is 1. The summed E-state index contributed by atoms with van der Waals surface area (Å²) in [7, 11) is 1.42. The molecule has 2 aliphatic rings. The lowest BCUT2D eigenvalue weighted by Gasteiger charge is -2.36. The van der Waals surface area contributed by atoms with Crippen LogP contribution in [-0.2, 0) is 9.53 Å². The third kappa shape index (κ3) is 6.52. The molecule has 5 heteroatoms. The normalized spacial score (nSPS) is 21.7. The van der Waals surface area contributed by atoms with Crippen molar-refractivity contribution in [1.82, 2.24) is 10.2 Å². The van der Waals surface area contributed by atoms with Crippen LogP contribution in [0.4, 0.5) is 4.79 Å². The molecule has 0 aromatic carbocycles. The zero-order valence-corrected chi connectivity index (χ0v) is 16.1. The van der Waals surface area contributed by atoms with Gasteiger partial charge in [-0.3, -0.25) is 4.79 Å². The number of nitrogens with zero attached hydrogens (tertiary/aromatic N) is 1. The molecule has 144 valence electrons. The first-order valence-corrected chi connectivity index (χ1v) is 10.3. The Labute approximate surface area is 152 Å². The van der Waals surface area contributed by atoms with Crippen molar-refractivity contribution in [3.63, 3.8) is 0 Å². The highest BCUT2D eigenvalue weighted by atomic mass is 16.5. The maximum Gasteiger partial charge on any atom is 0.317 e. The number of hydrogen-bond donors (Lipinski definition) is 1. The van der Waals surface area contributed by atoms with Crippen molar-refractivity contribution in [2.75, 3.05) is 13.7 Å². The van der Waals surface area contributed by atoms with Crippen LogP contribution in [-0.4, -0.2) is 42.6 Å². The van der Waals surface area contributed by atoms with Crippen LogP contribution in [0.2, 0.25) is 0 Å². The summed E-state index contributed by atoms with van der Waals surface area (Å²) >= 11 is 0. The SMILES string of the molecule is COC(=O)C(C)CN(C(=O)NC1CCCCC1)C1CCCCCCC1. The average Bonchev–Trinajstić information content (AvgIpc) is 2.60. The molecule has 1 unspecified atom stereocenters. The van der Waals surface area contributed by atoms with Crippen LogP contribution in [0.1, 0.15) is 84.0 Å². The minimum Gasteiger partial charge on any atom is -0.469 e. The van der Waals surface area contributed by atoms with E-state index >= 15 is 0 Å². The van der Waals surface area contributed by atoms with E-state index in [0.29, 0.717) is 12.6 Å². The van der Waals surface area contributed by atoms with Gasteiger partial charge in [-0.25, -0.2) is 4.79 Å². The Bertz CT molecular complexity index is 413. The van der Waals surface area contributed by atoms with E-state index in [-0.39, 0.29) is 24.0 Å². The largest absolute Gasteiger partial charge is 0.469 e. The summed E-state index contributed by atoms with van der Waals surface area (Å²) in [5.41, 5.74) is 0.